The summed E-state index contributed by atoms with van der Waals surface area (Å²) in [7, 11) is -3.18. The molecule has 130 valence electrons. The van der Waals surface area contributed by atoms with E-state index in [0.717, 1.165) is 12.8 Å². The molecule has 0 aliphatic carbocycles. The molecule has 1 aromatic heterocycles. The number of hydrogen-bond acceptors (Lipinski definition) is 5. The molecule has 0 amide bonds. The maximum Gasteiger partial charge on any atom is 0.280 e. The molecular formula is C14H22F2N4O2S. The highest BCUT2D eigenvalue weighted by Gasteiger charge is 2.30. The lowest BCUT2D eigenvalue weighted by Crippen LogP contribution is -2.31. The van der Waals surface area contributed by atoms with E-state index in [-0.39, 0.29) is 23.3 Å². The summed E-state index contributed by atoms with van der Waals surface area (Å²) < 4.78 is 50.9. The summed E-state index contributed by atoms with van der Waals surface area (Å²) in [5, 5.41) is 2.92. The Bertz CT molecular complexity index is 613. The highest BCUT2D eigenvalue weighted by molar-refractivity contribution is 7.89. The fraction of sp³-hybridized carbons (Fsp3) is 0.714. The lowest BCUT2D eigenvalue weighted by atomic mass is 10.1. The van der Waals surface area contributed by atoms with Gasteiger partial charge >= 0.3 is 0 Å². The van der Waals surface area contributed by atoms with Crippen molar-refractivity contribution >= 4 is 16.0 Å². The quantitative estimate of drug-likeness (QED) is 0.780. The number of unbranched alkanes of at least 4 members (excludes halogenated alkanes) is 1. The zero-order valence-corrected chi connectivity index (χ0v) is 13.9. The molecule has 1 fully saturated rings. The minimum absolute atomic E-state index is 0.130. The third kappa shape index (κ3) is 5.07. The van der Waals surface area contributed by atoms with E-state index in [2.05, 4.69) is 15.3 Å². The van der Waals surface area contributed by atoms with Crippen LogP contribution in [-0.2, 0) is 10.0 Å². The lowest BCUT2D eigenvalue weighted by Gasteiger charge is -2.16. The van der Waals surface area contributed by atoms with Gasteiger partial charge in [0, 0.05) is 25.8 Å². The van der Waals surface area contributed by atoms with Crippen LogP contribution in [0.25, 0.3) is 0 Å². The van der Waals surface area contributed by atoms with Gasteiger partial charge in [-0.15, -0.1) is 0 Å². The molecule has 1 saturated heterocycles. The summed E-state index contributed by atoms with van der Waals surface area (Å²) in [6.07, 6.45) is 0.899. The predicted molar refractivity (Wildman–Crippen MR) is 83.9 cm³/mol. The van der Waals surface area contributed by atoms with Gasteiger partial charge in [0.2, 0.25) is 16.0 Å². The average Bonchev–Trinajstić information content (AvgIpc) is 3.01. The minimum atomic E-state index is -3.18. The third-order valence-corrected chi connectivity index (χ3v) is 5.77. The first-order chi connectivity index (χ1) is 10.9. The van der Waals surface area contributed by atoms with E-state index < -0.39 is 16.4 Å². The first-order valence-corrected chi connectivity index (χ1v) is 9.36. The van der Waals surface area contributed by atoms with Crippen molar-refractivity contribution in [1.82, 2.24) is 14.3 Å². The number of hydrogen-bond donors (Lipinski definition) is 1. The van der Waals surface area contributed by atoms with E-state index in [1.54, 1.807) is 0 Å². The van der Waals surface area contributed by atoms with Crippen molar-refractivity contribution in [2.45, 2.75) is 32.6 Å². The number of halogens is 2. The molecule has 6 nitrogen and oxygen atoms in total. The van der Waals surface area contributed by atoms with Gasteiger partial charge in [-0.2, -0.15) is 0 Å². The molecule has 0 unspecified atom stereocenters. The van der Waals surface area contributed by atoms with Gasteiger partial charge in [0.15, 0.2) is 0 Å². The second-order valence-electron chi connectivity index (χ2n) is 5.67. The van der Waals surface area contributed by atoms with Crippen LogP contribution in [0.5, 0.6) is 0 Å². The summed E-state index contributed by atoms with van der Waals surface area (Å²) in [5.74, 6) is 0.462. The highest BCUT2D eigenvalue weighted by atomic mass is 32.2. The lowest BCUT2D eigenvalue weighted by molar-refractivity contribution is 0.146. The monoisotopic (exact) mass is 348 g/mol. The third-order valence-electron chi connectivity index (χ3n) is 3.85. The summed E-state index contributed by atoms with van der Waals surface area (Å²) in [6.45, 7) is 3.39. The SMILES string of the molecule is CCCCS(=O)(=O)N1CC[C@H](CNc2nccc(C(F)F)n2)C1. The Kier molecular flexibility index (Phi) is 6.23. The number of rotatable bonds is 8. The van der Waals surface area contributed by atoms with Crippen LogP contribution in [0.2, 0.25) is 0 Å². The number of nitrogens with one attached hydrogen (secondary N) is 1. The molecule has 2 rings (SSSR count). The van der Waals surface area contributed by atoms with Crippen LogP contribution in [0.15, 0.2) is 12.3 Å². The van der Waals surface area contributed by atoms with Crippen LogP contribution in [-0.4, -0.2) is 48.1 Å². The summed E-state index contributed by atoms with van der Waals surface area (Å²) in [5.41, 5.74) is -0.322. The molecule has 9 heteroatoms. The number of alkyl halides is 2. The number of aromatic nitrogens is 2. The Balaban J connectivity index is 1.85. The Morgan fingerprint density at radius 3 is 2.96 bits per heavy atom. The molecule has 0 bridgehead atoms. The van der Waals surface area contributed by atoms with Gasteiger partial charge in [-0.25, -0.2) is 31.5 Å². The topological polar surface area (TPSA) is 75.2 Å². The van der Waals surface area contributed by atoms with E-state index in [9.17, 15) is 17.2 Å². The van der Waals surface area contributed by atoms with Gasteiger partial charge in [0.25, 0.3) is 6.43 Å². The molecule has 1 aromatic rings. The van der Waals surface area contributed by atoms with Crippen LogP contribution in [0, 0.1) is 5.92 Å². The van der Waals surface area contributed by atoms with Gasteiger partial charge in [0.1, 0.15) is 5.69 Å². The van der Waals surface area contributed by atoms with Gasteiger partial charge in [-0.05, 0) is 24.8 Å². The molecule has 1 N–H and O–H groups in total. The fourth-order valence-electron chi connectivity index (χ4n) is 2.49. The van der Waals surface area contributed by atoms with Crippen molar-refractivity contribution in [3.63, 3.8) is 0 Å². The van der Waals surface area contributed by atoms with E-state index in [1.165, 1.54) is 16.6 Å². The van der Waals surface area contributed by atoms with E-state index in [4.69, 9.17) is 0 Å². The van der Waals surface area contributed by atoms with Crippen LogP contribution < -0.4 is 5.32 Å². The van der Waals surface area contributed by atoms with E-state index in [0.29, 0.717) is 26.1 Å². The van der Waals surface area contributed by atoms with Crippen molar-refractivity contribution in [3.05, 3.63) is 18.0 Å². The van der Waals surface area contributed by atoms with Crippen molar-refractivity contribution in [2.24, 2.45) is 5.92 Å². The van der Waals surface area contributed by atoms with Gasteiger partial charge in [0.05, 0.1) is 5.75 Å². The van der Waals surface area contributed by atoms with Crippen molar-refractivity contribution in [1.29, 1.82) is 0 Å². The van der Waals surface area contributed by atoms with Crippen LogP contribution in [0.3, 0.4) is 0 Å². The van der Waals surface area contributed by atoms with Crippen molar-refractivity contribution in [2.75, 3.05) is 30.7 Å². The van der Waals surface area contributed by atoms with Crippen LogP contribution in [0.4, 0.5) is 14.7 Å². The maximum atomic E-state index is 12.6. The summed E-state index contributed by atoms with van der Waals surface area (Å²) in [4.78, 5) is 7.64. The van der Waals surface area contributed by atoms with Crippen molar-refractivity contribution < 1.29 is 17.2 Å². The molecule has 2 heterocycles. The molecule has 1 aliphatic rings. The molecule has 0 radical (unpaired) electrons. The number of sulfonamides is 1. The molecular weight excluding hydrogens is 326 g/mol. The van der Waals surface area contributed by atoms with E-state index in [1.807, 2.05) is 6.92 Å². The number of anilines is 1. The highest BCUT2D eigenvalue weighted by Crippen LogP contribution is 2.21. The van der Waals surface area contributed by atoms with Crippen molar-refractivity contribution in [3.8, 4) is 0 Å². The molecule has 0 aromatic carbocycles. The fourth-order valence-corrected chi connectivity index (χ4v) is 4.22. The van der Waals surface area contributed by atoms with Gasteiger partial charge in [-0.1, -0.05) is 13.3 Å². The van der Waals surface area contributed by atoms with Gasteiger partial charge < -0.3 is 5.32 Å². The maximum absolute atomic E-state index is 12.6. The largest absolute Gasteiger partial charge is 0.354 e. The Morgan fingerprint density at radius 2 is 2.26 bits per heavy atom. The van der Waals surface area contributed by atoms with Crippen LogP contribution in [0.1, 0.15) is 38.3 Å². The van der Waals surface area contributed by atoms with Gasteiger partial charge in [-0.3, -0.25) is 0 Å². The number of nitrogens with zero attached hydrogens (tertiary/aromatic N) is 3. The first kappa shape index (κ1) is 18.0. The molecule has 1 aliphatic heterocycles. The summed E-state index contributed by atoms with van der Waals surface area (Å²) in [6, 6.07) is 1.17. The molecule has 0 saturated carbocycles. The Labute approximate surface area is 135 Å². The smallest absolute Gasteiger partial charge is 0.280 e. The average molecular weight is 348 g/mol. The molecule has 0 spiro atoms. The Morgan fingerprint density at radius 1 is 1.48 bits per heavy atom. The molecule has 1 atom stereocenters. The normalized spacial score (nSPS) is 19.4. The Hall–Kier alpha value is -1.35. The minimum Gasteiger partial charge on any atom is -0.354 e. The second-order valence-corrected chi connectivity index (χ2v) is 7.76. The van der Waals surface area contributed by atoms with Crippen LogP contribution >= 0.6 is 0 Å². The predicted octanol–water partition coefficient (Wildman–Crippen LogP) is 2.28. The first-order valence-electron chi connectivity index (χ1n) is 7.75. The van der Waals surface area contributed by atoms with E-state index >= 15 is 0 Å². The second kappa shape index (κ2) is 7.96. The zero-order chi connectivity index (χ0) is 16.9. The standard InChI is InChI=1S/C14H22F2N4O2S/c1-2-3-8-23(21,22)20-7-5-11(10-20)9-18-14-17-6-4-12(19-14)13(15)16/h4,6,11,13H,2-3,5,7-10H2,1H3,(H,17,18,19)/t11-/m1/s1. The zero-order valence-electron chi connectivity index (χ0n) is 13.1. The molecule has 23 heavy (non-hydrogen) atoms. The summed E-state index contributed by atoms with van der Waals surface area (Å²) >= 11 is 0.